The number of hydrogen-bond acceptors (Lipinski definition) is 5. The van der Waals surface area contributed by atoms with Crippen molar-refractivity contribution in [3.8, 4) is 0 Å². The van der Waals surface area contributed by atoms with Crippen LogP contribution in [0.4, 0.5) is 0 Å². The molecule has 3 amide bonds. The van der Waals surface area contributed by atoms with E-state index < -0.39 is 17.7 Å². The number of aromatic nitrogens is 2. The SMILES string of the molecule is O=C1CN(C(=O)c2cc(Cl)nnc2Cl)CC(=O)N1. The molecule has 0 bridgehead atoms. The molecule has 1 N–H and O–H groups in total. The minimum absolute atomic E-state index is 0.000772. The number of nitrogens with zero attached hydrogens (tertiary/aromatic N) is 3. The van der Waals surface area contributed by atoms with E-state index in [9.17, 15) is 14.4 Å². The Morgan fingerprint density at radius 1 is 1.22 bits per heavy atom. The first kappa shape index (κ1) is 12.7. The first-order valence-electron chi connectivity index (χ1n) is 4.78. The Bertz CT molecular complexity index is 533. The lowest BCUT2D eigenvalue weighted by Gasteiger charge is -2.25. The zero-order valence-electron chi connectivity index (χ0n) is 8.81. The zero-order valence-corrected chi connectivity index (χ0v) is 10.3. The fourth-order valence-corrected chi connectivity index (χ4v) is 1.77. The van der Waals surface area contributed by atoms with E-state index in [1.807, 2.05) is 0 Å². The molecule has 1 fully saturated rings. The second-order valence-corrected chi connectivity index (χ2v) is 4.25. The van der Waals surface area contributed by atoms with Crippen molar-refractivity contribution in [2.45, 2.75) is 0 Å². The van der Waals surface area contributed by atoms with Crippen molar-refractivity contribution in [3.05, 3.63) is 21.9 Å². The van der Waals surface area contributed by atoms with Gasteiger partial charge in [-0.1, -0.05) is 23.2 Å². The summed E-state index contributed by atoms with van der Waals surface area (Å²) in [5.74, 6) is -1.70. The van der Waals surface area contributed by atoms with E-state index in [-0.39, 0.29) is 29.0 Å². The van der Waals surface area contributed by atoms with Crippen LogP contribution in [-0.2, 0) is 9.59 Å². The molecular formula is C9H6Cl2N4O3. The summed E-state index contributed by atoms with van der Waals surface area (Å²) < 4.78 is 0. The van der Waals surface area contributed by atoms with Crippen LogP contribution in [0.1, 0.15) is 10.4 Å². The van der Waals surface area contributed by atoms with E-state index in [1.165, 1.54) is 6.07 Å². The molecule has 1 aromatic rings. The van der Waals surface area contributed by atoms with Crippen LogP contribution in [-0.4, -0.2) is 45.9 Å². The highest BCUT2D eigenvalue weighted by atomic mass is 35.5. The molecule has 0 saturated carbocycles. The number of carbonyl (C=O) groups is 3. The number of rotatable bonds is 1. The van der Waals surface area contributed by atoms with Crippen LogP contribution in [0.15, 0.2) is 6.07 Å². The van der Waals surface area contributed by atoms with Crippen LogP contribution in [0, 0.1) is 0 Å². The van der Waals surface area contributed by atoms with E-state index in [4.69, 9.17) is 23.2 Å². The minimum atomic E-state index is -0.597. The van der Waals surface area contributed by atoms with Crippen molar-refractivity contribution < 1.29 is 14.4 Å². The molecule has 9 heteroatoms. The Morgan fingerprint density at radius 3 is 2.44 bits per heavy atom. The molecule has 1 aliphatic heterocycles. The van der Waals surface area contributed by atoms with Crippen molar-refractivity contribution in [2.24, 2.45) is 0 Å². The summed E-state index contributed by atoms with van der Waals surface area (Å²) in [4.78, 5) is 35.4. The molecule has 0 aliphatic carbocycles. The van der Waals surface area contributed by atoms with Crippen LogP contribution >= 0.6 is 23.2 Å². The highest BCUT2D eigenvalue weighted by molar-refractivity contribution is 6.34. The predicted octanol–water partition coefficient (Wildman–Crippen LogP) is -0.118. The van der Waals surface area contributed by atoms with Crippen LogP contribution in [0.3, 0.4) is 0 Å². The van der Waals surface area contributed by atoms with Gasteiger partial charge in [0.2, 0.25) is 11.8 Å². The molecule has 1 saturated heterocycles. The van der Waals surface area contributed by atoms with Crippen molar-refractivity contribution in [3.63, 3.8) is 0 Å². The summed E-state index contributed by atoms with van der Waals surface area (Å²) in [6, 6.07) is 1.23. The van der Waals surface area contributed by atoms with E-state index in [0.717, 1.165) is 4.90 Å². The van der Waals surface area contributed by atoms with Gasteiger partial charge in [0.05, 0.1) is 5.56 Å². The van der Waals surface area contributed by atoms with Crippen molar-refractivity contribution in [1.29, 1.82) is 0 Å². The molecule has 1 aromatic heterocycles. The van der Waals surface area contributed by atoms with Crippen LogP contribution in [0.5, 0.6) is 0 Å². The predicted molar refractivity (Wildman–Crippen MR) is 61.1 cm³/mol. The van der Waals surface area contributed by atoms with Crippen LogP contribution in [0.2, 0.25) is 10.3 Å². The molecule has 0 atom stereocenters. The third-order valence-corrected chi connectivity index (χ3v) is 2.65. The van der Waals surface area contributed by atoms with Gasteiger partial charge in [-0.2, -0.15) is 0 Å². The number of imide groups is 1. The lowest BCUT2D eigenvalue weighted by atomic mass is 10.2. The molecular weight excluding hydrogens is 283 g/mol. The van der Waals surface area contributed by atoms with E-state index in [1.54, 1.807) is 0 Å². The highest BCUT2D eigenvalue weighted by Gasteiger charge is 2.28. The van der Waals surface area contributed by atoms with Gasteiger partial charge in [-0.15, -0.1) is 10.2 Å². The summed E-state index contributed by atoms with van der Waals surface area (Å²) in [7, 11) is 0. The fourth-order valence-electron chi connectivity index (χ4n) is 1.45. The van der Waals surface area contributed by atoms with Crippen molar-refractivity contribution in [1.82, 2.24) is 20.4 Å². The summed E-state index contributed by atoms with van der Waals surface area (Å²) >= 11 is 11.3. The summed E-state index contributed by atoms with van der Waals surface area (Å²) in [5, 5.41) is 8.89. The number of carbonyl (C=O) groups excluding carboxylic acids is 3. The van der Waals surface area contributed by atoms with E-state index in [0.29, 0.717) is 0 Å². The lowest BCUT2D eigenvalue weighted by molar-refractivity contribution is -0.135. The van der Waals surface area contributed by atoms with Gasteiger partial charge in [0, 0.05) is 0 Å². The number of nitrogens with one attached hydrogen (secondary N) is 1. The molecule has 2 rings (SSSR count). The van der Waals surface area contributed by atoms with E-state index in [2.05, 4.69) is 15.5 Å². The maximum atomic E-state index is 12.0. The van der Waals surface area contributed by atoms with Crippen LogP contribution < -0.4 is 5.32 Å². The van der Waals surface area contributed by atoms with Gasteiger partial charge in [-0.25, -0.2) is 0 Å². The molecule has 18 heavy (non-hydrogen) atoms. The second kappa shape index (κ2) is 4.87. The average molecular weight is 289 g/mol. The van der Waals surface area contributed by atoms with Gasteiger partial charge in [-0.05, 0) is 6.07 Å². The van der Waals surface area contributed by atoms with Gasteiger partial charge in [-0.3, -0.25) is 19.7 Å². The summed E-state index contributed by atoms with van der Waals surface area (Å²) in [6.45, 7) is -0.443. The smallest absolute Gasteiger partial charge is 0.258 e. The Balaban J connectivity index is 2.28. The van der Waals surface area contributed by atoms with Crippen LogP contribution in [0.25, 0.3) is 0 Å². The maximum Gasteiger partial charge on any atom is 0.258 e. The Kier molecular flexibility index (Phi) is 3.44. The monoisotopic (exact) mass is 288 g/mol. The molecule has 0 unspecified atom stereocenters. The quantitative estimate of drug-likeness (QED) is 0.728. The Hall–Kier alpha value is -1.73. The number of hydrogen-bond donors (Lipinski definition) is 1. The summed E-state index contributed by atoms with van der Waals surface area (Å²) in [6.07, 6.45) is 0. The topological polar surface area (TPSA) is 92.3 Å². The highest BCUT2D eigenvalue weighted by Crippen LogP contribution is 2.17. The van der Waals surface area contributed by atoms with Gasteiger partial charge in [0.15, 0.2) is 10.3 Å². The van der Waals surface area contributed by atoms with Gasteiger partial charge < -0.3 is 4.90 Å². The Labute approximate surface area is 111 Å². The Morgan fingerprint density at radius 2 is 1.83 bits per heavy atom. The van der Waals surface area contributed by atoms with Crippen molar-refractivity contribution in [2.75, 3.05) is 13.1 Å². The molecule has 94 valence electrons. The van der Waals surface area contributed by atoms with E-state index >= 15 is 0 Å². The molecule has 7 nitrogen and oxygen atoms in total. The van der Waals surface area contributed by atoms with Gasteiger partial charge >= 0.3 is 0 Å². The molecule has 2 heterocycles. The molecule has 0 radical (unpaired) electrons. The second-order valence-electron chi connectivity index (χ2n) is 3.50. The maximum absolute atomic E-state index is 12.0. The minimum Gasteiger partial charge on any atom is -0.320 e. The first-order chi connectivity index (χ1) is 8.47. The summed E-state index contributed by atoms with van der Waals surface area (Å²) in [5.41, 5.74) is -0.000772. The average Bonchev–Trinajstić information content (AvgIpc) is 2.30. The largest absolute Gasteiger partial charge is 0.320 e. The number of amides is 3. The number of piperazine rings is 1. The lowest BCUT2D eigenvalue weighted by Crippen LogP contribution is -2.53. The molecule has 1 aliphatic rings. The first-order valence-corrected chi connectivity index (χ1v) is 5.53. The van der Waals surface area contributed by atoms with Gasteiger partial charge in [0.1, 0.15) is 13.1 Å². The van der Waals surface area contributed by atoms with Gasteiger partial charge in [0.25, 0.3) is 5.91 Å². The third kappa shape index (κ3) is 2.57. The molecule has 0 spiro atoms. The van der Waals surface area contributed by atoms with Crippen molar-refractivity contribution >= 4 is 40.9 Å². The third-order valence-electron chi connectivity index (χ3n) is 2.18. The normalized spacial score (nSPS) is 15.6. The standard InChI is InChI=1S/C9H6Cl2N4O3/c10-5-1-4(8(11)14-13-5)9(18)15-2-6(16)12-7(17)3-15/h1H,2-3H2,(H,12,16,17). The fraction of sp³-hybridized carbons (Fsp3) is 0.222. The molecule has 0 aromatic carbocycles. The number of halogens is 2. The zero-order chi connectivity index (χ0) is 13.3.